The summed E-state index contributed by atoms with van der Waals surface area (Å²) in [5.41, 5.74) is 10.3. The van der Waals surface area contributed by atoms with Crippen LogP contribution in [0.3, 0.4) is 0 Å². The standard InChI is InChI=1S/C44H26N2/c1-3-13-29(14-4-1)40-35-19-9-11-21-37(35)41(38-22-12-10-20-36(38)40)31-23-25-32(26-24-31)42-34-18-8-7-17-33(34)39-27-45-28-46-44(39)43(42)30-15-5-2-6-16-30/h1,3-5,7-28H. The molecule has 1 heterocycles. The van der Waals surface area contributed by atoms with Gasteiger partial charge in [-0.05, 0) is 89.5 Å². The summed E-state index contributed by atoms with van der Waals surface area (Å²) < 4.78 is 0. The lowest BCUT2D eigenvalue weighted by Gasteiger charge is -2.19. The number of fused-ring (bicyclic) bond motifs is 5. The van der Waals surface area contributed by atoms with Gasteiger partial charge in [0.2, 0.25) is 0 Å². The number of hydrogen-bond acceptors (Lipinski definition) is 2. The van der Waals surface area contributed by atoms with Crippen molar-refractivity contribution in [1.82, 2.24) is 9.97 Å². The molecule has 0 aliphatic carbocycles. The summed E-state index contributed by atoms with van der Waals surface area (Å²) >= 11 is 0. The molecule has 9 rings (SSSR count). The minimum absolute atomic E-state index is 0.931. The second-order valence-corrected chi connectivity index (χ2v) is 11.6. The van der Waals surface area contributed by atoms with Crippen LogP contribution >= 0.6 is 0 Å². The molecule has 1 aromatic heterocycles. The largest absolute Gasteiger partial charge is 0.244 e. The second-order valence-electron chi connectivity index (χ2n) is 11.6. The van der Waals surface area contributed by atoms with Crippen LogP contribution < -0.4 is 0 Å². The van der Waals surface area contributed by atoms with Crippen LogP contribution in [0.2, 0.25) is 0 Å². The first-order valence-corrected chi connectivity index (χ1v) is 15.5. The minimum atomic E-state index is 0.931. The predicted octanol–water partition coefficient (Wildman–Crippen LogP) is 11.4. The summed E-state index contributed by atoms with van der Waals surface area (Å²) in [4.78, 5) is 9.22. The highest BCUT2D eigenvalue weighted by atomic mass is 14.8. The van der Waals surface area contributed by atoms with Crippen molar-refractivity contribution in [1.29, 1.82) is 0 Å². The summed E-state index contributed by atoms with van der Waals surface area (Å²) in [6.45, 7) is 0. The summed E-state index contributed by atoms with van der Waals surface area (Å²) in [7, 11) is 0. The molecule has 0 saturated heterocycles. The summed E-state index contributed by atoms with van der Waals surface area (Å²) in [6, 6.07) is 58.2. The summed E-state index contributed by atoms with van der Waals surface area (Å²) in [5.74, 6) is 0. The van der Waals surface area contributed by atoms with Crippen molar-refractivity contribution in [2.75, 3.05) is 0 Å². The number of benzene rings is 7. The normalized spacial score (nSPS) is 11.3. The highest BCUT2D eigenvalue weighted by molar-refractivity contribution is 6.22. The first-order chi connectivity index (χ1) is 22.9. The maximum Gasteiger partial charge on any atom is 0.116 e. The van der Waals surface area contributed by atoms with E-state index in [1.165, 1.54) is 49.2 Å². The van der Waals surface area contributed by atoms with E-state index in [2.05, 4.69) is 151 Å². The number of rotatable bonds is 4. The maximum absolute atomic E-state index is 4.83. The first-order valence-electron chi connectivity index (χ1n) is 15.5. The molecule has 0 radical (unpaired) electrons. The fraction of sp³-hybridized carbons (Fsp3) is 0. The summed E-state index contributed by atoms with van der Waals surface area (Å²) in [6.07, 6.45) is 3.57. The third kappa shape index (κ3) is 4.07. The fourth-order valence-corrected chi connectivity index (χ4v) is 7.16. The van der Waals surface area contributed by atoms with Crippen LogP contribution in [0.25, 0.3) is 87.7 Å². The van der Waals surface area contributed by atoms with Crippen molar-refractivity contribution in [2.24, 2.45) is 0 Å². The molecule has 0 aliphatic rings. The Balaban J connectivity index is 1.31. The third-order valence-corrected chi connectivity index (χ3v) is 9.09. The quantitative estimate of drug-likeness (QED) is 0.152. The van der Waals surface area contributed by atoms with Crippen LogP contribution in [0.15, 0.2) is 158 Å². The topological polar surface area (TPSA) is 25.8 Å². The number of hydrogen-bond donors (Lipinski definition) is 0. The van der Waals surface area contributed by atoms with Crippen LogP contribution in [0, 0.1) is 12.1 Å². The van der Waals surface area contributed by atoms with Gasteiger partial charge in [-0.3, -0.25) is 0 Å². The van der Waals surface area contributed by atoms with E-state index >= 15 is 0 Å². The number of nitrogens with zero attached hydrogens (tertiary/aromatic N) is 2. The van der Waals surface area contributed by atoms with Gasteiger partial charge >= 0.3 is 0 Å². The van der Waals surface area contributed by atoms with E-state index in [1.807, 2.05) is 18.3 Å². The Morgan fingerprint density at radius 2 is 0.870 bits per heavy atom. The van der Waals surface area contributed by atoms with Crippen molar-refractivity contribution in [3.05, 3.63) is 170 Å². The second kappa shape index (κ2) is 10.7. The van der Waals surface area contributed by atoms with Crippen LogP contribution in [0.4, 0.5) is 0 Å². The molecule has 0 unspecified atom stereocenters. The summed E-state index contributed by atoms with van der Waals surface area (Å²) in [5, 5.41) is 8.36. The van der Waals surface area contributed by atoms with E-state index in [4.69, 9.17) is 4.98 Å². The smallest absolute Gasteiger partial charge is 0.116 e. The molecular weight excluding hydrogens is 556 g/mol. The zero-order chi connectivity index (χ0) is 30.5. The van der Waals surface area contributed by atoms with Gasteiger partial charge in [0, 0.05) is 17.1 Å². The Bertz CT molecular complexity index is 2500. The van der Waals surface area contributed by atoms with Crippen LogP contribution in [-0.2, 0) is 0 Å². The highest BCUT2D eigenvalue weighted by Crippen LogP contribution is 2.46. The third-order valence-electron chi connectivity index (χ3n) is 9.09. The van der Waals surface area contributed by atoms with Crippen molar-refractivity contribution in [3.8, 4) is 44.5 Å². The lowest BCUT2D eigenvalue weighted by Crippen LogP contribution is -1.94. The van der Waals surface area contributed by atoms with Gasteiger partial charge in [-0.2, -0.15) is 0 Å². The van der Waals surface area contributed by atoms with Crippen molar-refractivity contribution >= 4 is 43.2 Å². The average Bonchev–Trinajstić information content (AvgIpc) is 3.14. The van der Waals surface area contributed by atoms with E-state index in [9.17, 15) is 0 Å². The van der Waals surface area contributed by atoms with E-state index < -0.39 is 0 Å². The van der Waals surface area contributed by atoms with Crippen molar-refractivity contribution < 1.29 is 0 Å². The Labute approximate surface area is 267 Å². The van der Waals surface area contributed by atoms with E-state index in [-0.39, 0.29) is 0 Å². The molecule has 0 N–H and O–H groups in total. The Kier molecular flexibility index (Phi) is 6.08. The van der Waals surface area contributed by atoms with Crippen molar-refractivity contribution in [3.63, 3.8) is 0 Å². The molecule has 0 atom stereocenters. The molecule has 0 spiro atoms. The van der Waals surface area contributed by atoms with Gasteiger partial charge in [0.15, 0.2) is 0 Å². The van der Waals surface area contributed by atoms with Gasteiger partial charge in [-0.25, -0.2) is 9.97 Å². The molecule has 8 aromatic carbocycles. The fourth-order valence-electron chi connectivity index (χ4n) is 7.16. The van der Waals surface area contributed by atoms with Gasteiger partial charge in [-0.1, -0.05) is 140 Å². The highest BCUT2D eigenvalue weighted by Gasteiger charge is 2.20. The van der Waals surface area contributed by atoms with Crippen LogP contribution in [0.1, 0.15) is 0 Å². The van der Waals surface area contributed by atoms with Gasteiger partial charge < -0.3 is 0 Å². The Morgan fingerprint density at radius 1 is 0.370 bits per heavy atom. The zero-order valence-corrected chi connectivity index (χ0v) is 24.9. The maximum atomic E-state index is 4.83. The van der Waals surface area contributed by atoms with Gasteiger partial charge in [-0.15, -0.1) is 0 Å². The monoisotopic (exact) mass is 582 g/mol. The molecule has 212 valence electrons. The lowest BCUT2D eigenvalue weighted by atomic mass is 9.84. The van der Waals surface area contributed by atoms with Crippen molar-refractivity contribution in [2.45, 2.75) is 0 Å². The van der Waals surface area contributed by atoms with Gasteiger partial charge in [0.05, 0.1) is 5.52 Å². The SMILES string of the molecule is c1ccc(-c2c(-c3ccc(-c4c5ccccc5c(-c5ccccc5)c5ccccc45)cc3)c3ccccc3c3cncnc23)cc#1. The average molecular weight is 583 g/mol. The van der Waals surface area contributed by atoms with Gasteiger partial charge in [0.1, 0.15) is 6.33 Å². The Hall–Kier alpha value is -6.30. The first kappa shape index (κ1) is 26.1. The molecule has 0 aliphatic heterocycles. The van der Waals surface area contributed by atoms with Crippen LogP contribution in [-0.4, -0.2) is 9.97 Å². The molecular formula is C44H26N2. The van der Waals surface area contributed by atoms with E-state index in [0.717, 1.165) is 38.5 Å². The van der Waals surface area contributed by atoms with Gasteiger partial charge in [0.25, 0.3) is 0 Å². The zero-order valence-electron chi connectivity index (χ0n) is 24.9. The molecule has 0 amide bonds. The Morgan fingerprint density at radius 3 is 1.43 bits per heavy atom. The molecule has 0 fully saturated rings. The molecule has 9 aromatic rings. The molecule has 0 bridgehead atoms. The minimum Gasteiger partial charge on any atom is -0.244 e. The van der Waals surface area contributed by atoms with E-state index in [0.29, 0.717) is 0 Å². The van der Waals surface area contributed by atoms with E-state index in [1.54, 1.807) is 6.33 Å². The predicted molar refractivity (Wildman–Crippen MR) is 191 cm³/mol. The lowest BCUT2D eigenvalue weighted by molar-refractivity contribution is 1.23. The molecule has 2 heteroatoms. The molecule has 0 saturated carbocycles. The molecule has 46 heavy (non-hydrogen) atoms. The number of aromatic nitrogens is 2. The molecule has 2 nitrogen and oxygen atoms in total. The van der Waals surface area contributed by atoms with Crippen LogP contribution in [0.5, 0.6) is 0 Å².